The Kier molecular flexibility index (Phi) is 9.26. The van der Waals surface area contributed by atoms with Crippen molar-refractivity contribution in [1.82, 2.24) is 10.6 Å². The summed E-state index contributed by atoms with van der Waals surface area (Å²) in [5.41, 5.74) is 0.776. The Balaban J connectivity index is 2.42. The molecule has 2 rings (SSSR count). The number of hydrogen-bond acceptors (Lipinski definition) is 8. The highest BCUT2D eigenvalue weighted by Gasteiger charge is 2.25. The van der Waals surface area contributed by atoms with E-state index in [1.54, 1.807) is 18.2 Å². The summed E-state index contributed by atoms with van der Waals surface area (Å²) in [6.45, 7) is 2.55. The molecule has 0 saturated heterocycles. The first-order chi connectivity index (χ1) is 16.1. The normalized spacial score (nSPS) is 12.1. The van der Waals surface area contributed by atoms with Crippen LogP contribution in [-0.2, 0) is 28.7 Å². The third-order valence-corrected chi connectivity index (χ3v) is 4.89. The zero-order chi connectivity index (χ0) is 25.4. The molecule has 34 heavy (non-hydrogen) atoms. The average Bonchev–Trinajstić information content (AvgIpc) is 2.81. The fourth-order valence-electron chi connectivity index (χ4n) is 3.05. The lowest BCUT2D eigenvalue weighted by molar-refractivity contribution is -0.145. The standard InChI is InChI=1S/C23H25ClN2O8/c1-12(27)25-20(22(29)32-4)14-6-8-17(16(24)10-14)34-19-11-15(7-9-18(19)31-3)21(23(30)33-5)26-13(2)28/h6-11,20-21H,1-5H3,(H,25,27)(H,26,28). The smallest absolute Gasteiger partial charge is 0.333 e. The monoisotopic (exact) mass is 492 g/mol. The number of halogens is 1. The van der Waals surface area contributed by atoms with E-state index >= 15 is 0 Å². The fourth-order valence-corrected chi connectivity index (χ4v) is 3.28. The van der Waals surface area contributed by atoms with E-state index in [-0.39, 0.29) is 16.5 Å². The van der Waals surface area contributed by atoms with Gasteiger partial charge in [0.25, 0.3) is 0 Å². The van der Waals surface area contributed by atoms with Gasteiger partial charge in [0, 0.05) is 13.8 Å². The van der Waals surface area contributed by atoms with Crippen LogP contribution in [0.15, 0.2) is 36.4 Å². The molecule has 0 fully saturated rings. The molecule has 2 atom stereocenters. The number of carbonyl (C=O) groups is 4. The molecule has 0 saturated carbocycles. The van der Waals surface area contributed by atoms with E-state index in [1.807, 2.05) is 0 Å². The maximum atomic E-state index is 12.2. The molecule has 0 heterocycles. The Morgan fingerprint density at radius 1 is 0.735 bits per heavy atom. The predicted octanol–water partition coefficient (Wildman–Crippen LogP) is 2.84. The van der Waals surface area contributed by atoms with Crippen molar-refractivity contribution in [3.63, 3.8) is 0 Å². The highest BCUT2D eigenvalue weighted by molar-refractivity contribution is 6.32. The number of methoxy groups -OCH3 is 3. The molecule has 0 bridgehead atoms. The Morgan fingerprint density at radius 3 is 1.62 bits per heavy atom. The molecule has 0 aliphatic carbocycles. The number of ether oxygens (including phenoxy) is 4. The van der Waals surface area contributed by atoms with E-state index in [0.29, 0.717) is 16.9 Å². The van der Waals surface area contributed by atoms with Gasteiger partial charge in [0.15, 0.2) is 23.6 Å². The molecule has 2 unspecified atom stereocenters. The average molecular weight is 493 g/mol. The molecule has 2 N–H and O–H groups in total. The SMILES string of the molecule is COC(=O)C(NC(C)=O)c1ccc(Oc2cc(C(NC(C)=O)C(=O)OC)ccc2OC)c(Cl)c1. The summed E-state index contributed by atoms with van der Waals surface area (Å²) in [6.07, 6.45) is 0. The van der Waals surface area contributed by atoms with E-state index in [1.165, 1.54) is 53.4 Å². The first kappa shape index (κ1) is 26.5. The van der Waals surface area contributed by atoms with Crippen LogP contribution in [0.3, 0.4) is 0 Å². The number of esters is 2. The molecule has 2 amide bonds. The lowest BCUT2D eigenvalue weighted by Gasteiger charge is -2.19. The summed E-state index contributed by atoms with van der Waals surface area (Å²) in [5, 5.41) is 5.16. The molecule has 0 aliphatic rings. The van der Waals surface area contributed by atoms with E-state index in [9.17, 15) is 19.2 Å². The minimum Gasteiger partial charge on any atom is -0.493 e. The molecule has 2 aromatic carbocycles. The number of amides is 2. The molecule has 10 nitrogen and oxygen atoms in total. The van der Waals surface area contributed by atoms with Gasteiger partial charge < -0.3 is 29.6 Å². The van der Waals surface area contributed by atoms with Crippen molar-refractivity contribution in [3.8, 4) is 17.2 Å². The summed E-state index contributed by atoms with van der Waals surface area (Å²) in [6, 6.07) is 7.06. The van der Waals surface area contributed by atoms with Crippen molar-refractivity contribution >= 4 is 35.4 Å². The van der Waals surface area contributed by atoms with Crippen LogP contribution in [0, 0.1) is 0 Å². The summed E-state index contributed by atoms with van der Waals surface area (Å²) < 4.78 is 20.8. The van der Waals surface area contributed by atoms with Crippen molar-refractivity contribution in [2.24, 2.45) is 0 Å². The van der Waals surface area contributed by atoms with Crippen LogP contribution < -0.4 is 20.1 Å². The van der Waals surface area contributed by atoms with Gasteiger partial charge in [-0.25, -0.2) is 9.59 Å². The fraction of sp³-hybridized carbons (Fsp3) is 0.304. The van der Waals surface area contributed by atoms with Crippen LogP contribution in [0.1, 0.15) is 37.1 Å². The van der Waals surface area contributed by atoms with E-state index in [4.69, 9.17) is 30.5 Å². The summed E-state index contributed by atoms with van der Waals surface area (Å²) in [7, 11) is 3.85. The zero-order valence-electron chi connectivity index (χ0n) is 19.3. The first-order valence-electron chi connectivity index (χ1n) is 9.96. The maximum Gasteiger partial charge on any atom is 0.333 e. The van der Waals surface area contributed by atoms with Gasteiger partial charge in [-0.15, -0.1) is 0 Å². The lowest BCUT2D eigenvalue weighted by atomic mass is 10.1. The molecular formula is C23H25ClN2O8. The number of rotatable bonds is 9. The van der Waals surface area contributed by atoms with Crippen LogP contribution in [0.5, 0.6) is 17.2 Å². The quantitative estimate of drug-likeness (QED) is 0.511. The Bertz CT molecular complexity index is 1090. The minimum absolute atomic E-state index is 0.135. The predicted molar refractivity (Wildman–Crippen MR) is 122 cm³/mol. The highest BCUT2D eigenvalue weighted by atomic mass is 35.5. The third kappa shape index (κ3) is 6.61. The van der Waals surface area contributed by atoms with E-state index in [2.05, 4.69) is 10.6 Å². The van der Waals surface area contributed by atoms with Gasteiger partial charge in [0.05, 0.1) is 26.4 Å². The third-order valence-electron chi connectivity index (χ3n) is 4.60. The molecule has 0 aromatic heterocycles. The van der Waals surface area contributed by atoms with Gasteiger partial charge in [-0.05, 0) is 35.4 Å². The Hall–Kier alpha value is -3.79. The largest absolute Gasteiger partial charge is 0.493 e. The summed E-state index contributed by atoms with van der Waals surface area (Å²) in [4.78, 5) is 47.3. The molecule has 182 valence electrons. The van der Waals surface area contributed by atoms with Gasteiger partial charge in [0.1, 0.15) is 5.75 Å². The van der Waals surface area contributed by atoms with E-state index < -0.39 is 35.8 Å². The van der Waals surface area contributed by atoms with Crippen molar-refractivity contribution in [2.45, 2.75) is 25.9 Å². The second-order valence-electron chi connectivity index (χ2n) is 7.02. The number of carbonyl (C=O) groups excluding carboxylic acids is 4. The van der Waals surface area contributed by atoms with Crippen molar-refractivity contribution in [1.29, 1.82) is 0 Å². The van der Waals surface area contributed by atoms with Crippen LogP contribution in [0.2, 0.25) is 5.02 Å². The van der Waals surface area contributed by atoms with Gasteiger partial charge in [-0.3, -0.25) is 9.59 Å². The van der Waals surface area contributed by atoms with Crippen LogP contribution >= 0.6 is 11.6 Å². The Morgan fingerprint density at radius 2 is 1.21 bits per heavy atom. The molecule has 0 radical (unpaired) electrons. The van der Waals surface area contributed by atoms with E-state index in [0.717, 1.165) is 0 Å². The molecular weight excluding hydrogens is 468 g/mol. The van der Waals surface area contributed by atoms with Crippen LogP contribution in [0.25, 0.3) is 0 Å². The van der Waals surface area contributed by atoms with Crippen molar-refractivity contribution in [3.05, 3.63) is 52.5 Å². The molecule has 0 spiro atoms. The zero-order valence-corrected chi connectivity index (χ0v) is 20.0. The highest BCUT2D eigenvalue weighted by Crippen LogP contribution is 2.38. The van der Waals surface area contributed by atoms with Gasteiger partial charge in [-0.2, -0.15) is 0 Å². The lowest BCUT2D eigenvalue weighted by Crippen LogP contribution is -2.33. The molecule has 2 aromatic rings. The second-order valence-corrected chi connectivity index (χ2v) is 7.42. The number of hydrogen-bond donors (Lipinski definition) is 2. The van der Waals surface area contributed by atoms with Gasteiger partial charge in [-0.1, -0.05) is 23.7 Å². The maximum absolute atomic E-state index is 12.2. The van der Waals surface area contributed by atoms with Gasteiger partial charge >= 0.3 is 11.9 Å². The van der Waals surface area contributed by atoms with Crippen molar-refractivity contribution in [2.75, 3.05) is 21.3 Å². The van der Waals surface area contributed by atoms with Crippen LogP contribution in [-0.4, -0.2) is 45.1 Å². The molecule has 0 aliphatic heterocycles. The summed E-state index contributed by atoms with van der Waals surface area (Å²) in [5.74, 6) is -1.43. The number of nitrogens with one attached hydrogen (secondary N) is 2. The van der Waals surface area contributed by atoms with Crippen molar-refractivity contribution < 1.29 is 38.1 Å². The topological polar surface area (TPSA) is 129 Å². The van der Waals surface area contributed by atoms with Crippen LogP contribution in [0.4, 0.5) is 0 Å². The van der Waals surface area contributed by atoms with Gasteiger partial charge in [0.2, 0.25) is 11.8 Å². The number of benzene rings is 2. The Labute approximate surface area is 201 Å². The summed E-state index contributed by atoms with van der Waals surface area (Å²) >= 11 is 6.39. The first-order valence-corrected chi connectivity index (χ1v) is 10.3. The molecule has 11 heteroatoms. The minimum atomic E-state index is -1.06. The second kappa shape index (κ2) is 11.9.